The second-order valence-corrected chi connectivity index (χ2v) is 5.84. The van der Waals surface area contributed by atoms with Crippen molar-refractivity contribution in [1.82, 2.24) is 4.90 Å². The van der Waals surface area contributed by atoms with Crippen molar-refractivity contribution < 1.29 is 19.1 Å². The summed E-state index contributed by atoms with van der Waals surface area (Å²) in [6, 6.07) is 13.0. The predicted octanol–water partition coefficient (Wildman–Crippen LogP) is 2.37. The van der Waals surface area contributed by atoms with Gasteiger partial charge in [0.15, 0.2) is 0 Å². The number of nitrogens with zero attached hydrogens (tertiary/aromatic N) is 3. The Morgan fingerprint density at radius 1 is 1.11 bits per heavy atom. The highest BCUT2D eigenvalue weighted by molar-refractivity contribution is 5.98. The van der Waals surface area contributed by atoms with Crippen LogP contribution in [0.4, 0.5) is 5.69 Å². The maximum absolute atomic E-state index is 13.1. The molecule has 0 radical (unpaired) electrons. The minimum absolute atomic E-state index is 0.304. The lowest BCUT2D eigenvalue weighted by Gasteiger charge is -2.29. The number of carbonyl (C=O) groups excluding carboxylic acids is 2. The van der Waals surface area contributed by atoms with E-state index in [1.807, 2.05) is 6.07 Å². The van der Waals surface area contributed by atoms with Gasteiger partial charge in [0.25, 0.3) is 5.91 Å². The van der Waals surface area contributed by atoms with E-state index in [1.54, 1.807) is 63.7 Å². The number of amides is 2. The zero-order valence-corrected chi connectivity index (χ0v) is 15.7. The number of methoxy groups -OCH3 is 2. The quantitative estimate of drug-likeness (QED) is 0.702. The molecule has 27 heavy (non-hydrogen) atoms. The Morgan fingerprint density at radius 2 is 1.78 bits per heavy atom. The number of hydrogen-bond acceptors (Lipinski definition) is 5. The molecule has 0 saturated heterocycles. The molecule has 2 amide bonds. The van der Waals surface area contributed by atoms with Crippen molar-refractivity contribution in [2.75, 3.05) is 33.2 Å². The fourth-order valence-electron chi connectivity index (χ4n) is 2.69. The van der Waals surface area contributed by atoms with Crippen molar-refractivity contribution in [3.8, 4) is 17.6 Å². The van der Waals surface area contributed by atoms with Crippen molar-refractivity contribution >= 4 is 18.0 Å². The normalized spacial score (nSPS) is 11.1. The number of hydrogen-bond donors (Lipinski definition) is 0. The van der Waals surface area contributed by atoms with E-state index in [-0.39, 0.29) is 5.91 Å². The minimum Gasteiger partial charge on any atom is -0.497 e. The van der Waals surface area contributed by atoms with Gasteiger partial charge in [0.05, 0.1) is 19.8 Å². The third-order valence-electron chi connectivity index (χ3n) is 4.26. The van der Waals surface area contributed by atoms with Gasteiger partial charge < -0.3 is 19.3 Å². The highest BCUT2D eigenvalue weighted by Gasteiger charge is 2.28. The molecule has 0 heterocycles. The van der Waals surface area contributed by atoms with E-state index in [1.165, 1.54) is 16.9 Å². The number of benzene rings is 2. The van der Waals surface area contributed by atoms with E-state index in [4.69, 9.17) is 14.7 Å². The van der Waals surface area contributed by atoms with Gasteiger partial charge in [-0.25, -0.2) is 0 Å². The molecule has 1 atom stereocenters. The van der Waals surface area contributed by atoms with Crippen LogP contribution in [0.25, 0.3) is 0 Å². The molecule has 140 valence electrons. The van der Waals surface area contributed by atoms with Crippen molar-refractivity contribution in [1.29, 1.82) is 5.26 Å². The zero-order chi connectivity index (χ0) is 20.0. The Morgan fingerprint density at radius 3 is 2.30 bits per heavy atom. The third-order valence-corrected chi connectivity index (χ3v) is 4.26. The van der Waals surface area contributed by atoms with Crippen molar-refractivity contribution in [2.24, 2.45) is 0 Å². The monoisotopic (exact) mass is 367 g/mol. The Bertz CT molecular complexity index is 859. The summed E-state index contributed by atoms with van der Waals surface area (Å²) in [6.07, 6.45) is 0.611. The van der Waals surface area contributed by atoms with Crippen LogP contribution in [-0.4, -0.2) is 45.5 Å². The number of carbonyl (C=O) groups is 2. The average Bonchev–Trinajstić information content (AvgIpc) is 2.72. The molecule has 2 aromatic rings. The molecule has 2 aromatic carbocycles. The van der Waals surface area contributed by atoms with Crippen LogP contribution in [0.3, 0.4) is 0 Å². The van der Waals surface area contributed by atoms with Crippen LogP contribution in [0.2, 0.25) is 0 Å². The Balaban J connectivity index is 2.39. The standard InChI is InChI=1S/C20H21N3O4/c1-22(13-24)19(14-6-9-17(26-3)10-7-14)20(25)23(2)16-8-5-15(12-21)18(11-16)27-4/h5-11,13,19H,1-4H3. The molecule has 0 aliphatic heterocycles. The fourth-order valence-corrected chi connectivity index (χ4v) is 2.69. The third kappa shape index (κ3) is 4.18. The topological polar surface area (TPSA) is 82.9 Å². The first kappa shape index (κ1) is 19.8. The van der Waals surface area contributed by atoms with Crippen LogP contribution in [0.15, 0.2) is 42.5 Å². The number of likely N-dealkylation sites (N-methyl/N-ethyl adjacent to an activating group) is 2. The Hall–Kier alpha value is -3.53. The van der Waals surface area contributed by atoms with Gasteiger partial charge in [-0.3, -0.25) is 9.59 Å². The molecule has 0 N–H and O–H groups in total. The summed E-state index contributed by atoms with van der Waals surface area (Å²) in [5.74, 6) is 0.727. The molecule has 0 aliphatic rings. The van der Waals surface area contributed by atoms with Gasteiger partial charge in [0, 0.05) is 25.8 Å². The van der Waals surface area contributed by atoms with Crippen LogP contribution < -0.4 is 14.4 Å². The van der Waals surface area contributed by atoms with Crippen LogP contribution in [0, 0.1) is 11.3 Å². The second-order valence-electron chi connectivity index (χ2n) is 5.84. The summed E-state index contributed by atoms with van der Waals surface area (Å²) in [4.78, 5) is 27.2. The lowest BCUT2D eigenvalue weighted by Crippen LogP contribution is -2.39. The Kier molecular flexibility index (Phi) is 6.39. The predicted molar refractivity (Wildman–Crippen MR) is 101 cm³/mol. The van der Waals surface area contributed by atoms with Gasteiger partial charge in [0.1, 0.15) is 23.6 Å². The summed E-state index contributed by atoms with van der Waals surface area (Å²) in [5.41, 5.74) is 1.58. The van der Waals surface area contributed by atoms with Gasteiger partial charge in [-0.1, -0.05) is 12.1 Å². The summed E-state index contributed by atoms with van der Waals surface area (Å²) >= 11 is 0. The molecule has 1 unspecified atom stereocenters. The van der Waals surface area contributed by atoms with Gasteiger partial charge >= 0.3 is 0 Å². The molecular weight excluding hydrogens is 346 g/mol. The largest absolute Gasteiger partial charge is 0.497 e. The molecular formula is C20H21N3O4. The molecule has 0 aromatic heterocycles. The molecule has 7 nitrogen and oxygen atoms in total. The summed E-state index contributed by atoms with van der Waals surface area (Å²) in [7, 11) is 6.18. The molecule has 0 aliphatic carbocycles. The number of nitriles is 1. The molecule has 0 saturated carbocycles. The summed E-state index contributed by atoms with van der Waals surface area (Å²) in [5, 5.41) is 9.11. The number of anilines is 1. The lowest BCUT2D eigenvalue weighted by atomic mass is 10.0. The van der Waals surface area contributed by atoms with Gasteiger partial charge in [-0.15, -0.1) is 0 Å². The number of rotatable bonds is 7. The first-order valence-corrected chi connectivity index (χ1v) is 8.13. The van der Waals surface area contributed by atoms with Crippen molar-refractivity contribution in [3.63, 3.8) is 0 Å². The zero-order valence-electron chi connectivity index (χ0n) is 15.7. The number of ether oxygens (including phenoxy) is 2. The van der Waals surface area contributed by atoms with Crippen molar-refractivity contribution in [3.05, 3.63) is 53.6 Å². The molecule has 2 rings (SSSR count). The van der Waals surface area contributed by atoms with Crippen LogP contribution in [-0.2, 0) is 9.59 Å². The minimum atomic E-state index is -0.806. The molecule has 7 heteroatoms. The molecule has 0 bridgehead atoms. The SMILES string of the molecule is COc1ccc(C(C(=O)N(C)c2ccc(C#N)c(OC)c2)N(C)C=O)cc1. The summed E-state index contributed by atoms with van der Waals surface area (Å²) in [6.45, 7) is 0. The maximum Gasteiger partial charge on any atom is 0.254 e. The first-order chi connectivity index (χ1) is 13.0. The Labute approximate surface area is 158 Å². The highest BCUT2D eigenvalue weighted by atomic mass is 16.5. The van der Waals surface area contributed by atoms with Crippen molar-refractivity contribution in [2.45, 2.75) is 6.04 Å². The highest BCUT2D eigenvalue weighted by Crippen LogP contribution is 2.29. The van der Waals surface area contributed by atoms with E-state index in [9.17, 15) is 9.59 Å². The fraction of sp³-hybridized carbons (Fsp3) is 0.250. The van der Waals surface area contributed by atoms with Gasteiger partial charge in [-0.2, -0.15) is 5.26 Å². The average molecular weight is 367 g/mol. The van der Waals surface area contributed by atoms with E-state index < -0.39 is 6.04 Å². The van der Waals surface area contributed by atoms with Crippen LogP contribution in [0.1, 0.15) is 17.2 Å². The van der Waals surface area contributed by atoms with E-state index in [0.717, 1.165) is 0 Å². The maximum atomic E-state index is 13.1. The van der Waals surface area contributed by atoms with Gasteiger partial charge in [0.2, 0.25) is 6.41 Å². The van der Waals surface area contributed by atoms with Crippen LogP contribution in [0.5, 0.6) is 11.5 Å². The van der Waals surface area contributed by atoms with E-state index in [2.05, 4.69) is 0 Å². The van der Waals surface area contributed by atoms with Gasteiger partial charge in [-0.05, 0) is 29.8 Å². The lowest BCUT2D eigenvalue weighted by molar-refractivity contribution is -0.130. The van der Waals surface area contributed by atoms with Crippen LogP contribution >= 0.6 is 0 Å². The second kappa shape index (κ2) is 8.72. The molecule has 0 fully saturated rings. The first-order valence-electron chi connectivity index (χ1n) is 8.13. The molecule has 0 spiro atoms. The smallest absolute Gasteiger partial charge is 0.254 e. The van der Waals surface area contributed by atoms with E-state index >= 15 is 0 Å². The summed E-state index contributed by atoms with van der Waals surface area (Å²) < 4.78 is 10.3. The van der Waals surface area contributed by atoms with E-state index in [0.29, 0.717) is 34.7 Å².